The SMILES string of the molecule is CN1C(=O)c2cc(F)ccc2[NH+]2C=NC(n3nncc3C3(C)CCCO3)=C12. The minimum Gasteiger partial charge on any atom is -0.369 e. The number of fused-ring (bicyclic) bond motifs is 3. The summed E-state index contributed by atoms with van der Waals surface area (Å²) in [6.45, 7) is 2.70. The predicted octanol–water partition coefficient (Wildman–Crippen LogP) is 0.870. The summed E-state index contributed by atoms with van der Waals surface area (Å²) in [6.07, 6.45) is 5.19. The summed E-state index contributed by atoms with van der Waals surface area (Å²) >= 11 is 0. The standard InChI is InChI=1S/C18H17FN6O2/c1-18(6-3-7-27-18)14-9-21-22-25(14)15-16-23(2)17(26)12-8-11(19)4-5-13(12)24(16)10-20-15/h4-5,8-10H,3,6-7H2,1-2H3/p+1. The highest BCUT2D eigenvalue weighted by Crippen LogP contribution is 2.37. The minimum atomic E-state index is -0.492. The second-order valence-electron chi connectivity index (χ2n) is 7.11. The molecule has 27 heavy (non-hydrogen) atoms. The molecule has 8 nitrogen and oxygen atoms in total. The molecule has 3 aliphatic rings. The molecule has 1 aromatic heterocycles. The Balaban J connectivity index is 1.67. The maximum absolute atomic E-state index is 13.6. The van der Waals surface area contributed by atoms with Crippen LogP contribution in [0.1, 0.15) is 35.8 Å². The number of amides is 1. The van der Waals surface area contributed by atoms with Crippen LogP contribution in [0.3, 0.4) is 0 Å². The number of benzene rings is 1. The van der Waals surface area contributed by atoms with E-state index in [1.54, 1.807) is 30.3 Å². The molecule has 1 aromatic carbocycles. The number of nitrogens with one attached hydrogen (secondary N) is 1. The Bertz CT molecular complexity index is 1020. The lowest BCUT2D eigenvalue weighted by Crippen LogP contribution is -3.06. The molecule has 0 spiro atoms. The Morgan fingerprint density at radius 1 is 1.37 bits per heavy atom. The molecule has 5 rings (SSSR count). The Morgan fingerprint density at radius 3 is 3.00 bits per heavy atom. The van der Waals surface area contributed by atoms with Gasteiger partial charge in [0.1, 0.15) is 17.0 Å². The number of hydrogen-bond donors (Lipinski definition) is 1. The van der Waals surface area contributed by atoms with Gasteiger partial charge in [-0.25, -0.2) is 9.29 Å². The molecule has 2 atom stereocenters. The lowest BCUT2D eigenvalue weighted by molar-refractivity contribution is -0.685. The van der Waals surface area contributed by atoms with Gasteiger partial charge in [0, 0.05) is 19.7 Å². The van der Waals surface area contributed by atoms with Gasteiger partial charge in [-0.3, -0.25) is 9.69 Å². The van der Waals surface area contributed by atoms with Crippen molar-refractivity contribution in [1.29, 1.82) is 0 Å². The molecular formula is C18H18FN6O2+. The highest BCUT2D eigenvalue weighted by Gasteiger charge is 2.44. The number of ether oxygens (including phenoxy) is 1. The molecular weight excluding hydrogens is 351 g/mol. The normalized spacial score (nSPS) is 26.7. The van der Waals surface area contributed by atoms with E-state index in [-0.39, 0.29) is 5.91 Å². The third-order valence-electron chi connectivity index (χ3n) is 5.44. The fourth-order valence-electron chi connectivity index (χ4n) is 3.99. The van der Waals surface area contributed by atoms with Crippen molar-refractivity contribution in [2.45, 2.75) is 25.4 Å². The Kier molecular flexibility index (Phi) is 3.34. The summed E-state index contributed by atoms with van der Waals surface area (Å²) in [5, 5.41) is 8.27. The molecule has 0 aliphatic carbocycles. The fourth-order valence-corrected chi connectivity index (χ4v) is 3.99. The smallest absolute Gasteiger partial charge is 0.268 e. The number of aliphatic imine (C=N–C) groups is 1. The van der Waals surface area contributed by atoms with E-state index in [2.05, 4.69) is 15.3 Å². The summed E-state index contributed by atoms with van der Waals surface area (Å²) in [6, 6.07) is 4.23. The highest BCUT2D eigenvalue weighted by atomic mass is 19.1. The molecule has 0 saturated carbocycles. The van der Waals surface area contributed by atoms with Gasteiger partial charge >= 0.3 is 0 Å². The lowest BCUT2D eigenvalue weighted by atomic mass is 9.99. The second kappa shape index (κ2) is 5.54. The van der Waals surface area contributed by atoms with E-state index >= 15 is 0 Å². The first-order chi connectivity index (χ1) is 13.0. The number of quaternary nitrogens is 1. The van der Waals surface area contributed by atoms with E-state index in [0.29, 0.717) is 29.5 Å². The number of halogens is 1. The Morgan fingerprint density at radius 2 is 2.22 bits per heavy atom. The summed E-state index contributed by atoms with van der Waals surface area (Å²) in [5.74, 6) is 0.423. The zero-order valence-corrected chi connectivity index (χ0v) is 14.9. The van der Waals surface area contributed by atoms with Gasteiger partial charge < -0.3 is 4.74 Å². The summed E-state index contributed by atoms with van der Waals surface area (Å²) in [5.41, 5.74) is 1.30. The number of nitrogens with zero attached hydrogens (tertiary/aromatic N) is 5. The fraction of sp³-hybridized carbons (Fsp3) is 0.333. The first-order valence-corrected chi connectivity index (χ1v) is 8.79. The van der Waals surface area contributed by atoms with Crippen LogP contribution < -0.4 is 4.90 Å². The summed E-state index contributed by atoms with van der Waals surface area (Å²) < 4.78 is 21.2. The van der Waals surface area contributed by atoms with Crippen LogP contribution in [-0.2, 0) is 10.3 Å². The average Bonchev–Trinajstić information content (AvgIpc) is 3.38. The first kappa shape index (κ1) is 16.3. The van der Waals surface area contributed by atoms with Gasteiger partial charge in [-0.15, -0.1) is 5.10 Å². The van der Waals surface area contributed by atoms with Crippen LogP contribution in [0, 0.1) is 5.82 Å². The molecule has 2 aromatic rings. The number of hydrogen-bond acceptors (Lipinski definition) is 5. The van der Waals surface area contributed by atoms with Gasteiger partial charge in [0.15, 0.2) is 5.69 Å². The molecule has 1 amide bonds. The van der Waals surface area contributed by atoms with Crippen LogP contribution in [0.25, 0.3) is 5.82 Å². The predicted molar refractivity (Wildman–Crippen MR) is 93.4 cm³/mol. The van der Waals surface area contributed by atoms with Crippen molar-refractivity contribution in [2.24, 2.45) is 4.99 Å². The van der Waals surface area contributed by atoms with Crippen molar-refractivity contribution in [3.8, 4) is 0 Å². The van der Waals surface area contributed by atoms with E-state index in [1.165, 1.54) is 17.0 Å². The molecule has 138 valence electrons. The van der Waals surface area contributed by atoms with Crippen molar-refractivity contribution in [2.75, 3.05) is 13.7 Å². The molecule has 4 heterocycles. The summed E-state index contributed by atoms with van der Waals surface area (Å²) in [4.78, 5) is 19.6. The van der Waals surface area contributed by atoms with Crippen LogP contribution in [0.2, 0.25) is 0 Å². The van der Waals surface area contributed by atoms with Gasteiger partial charge in [0.2, 0.25) is 12.2 Å². The minimum absolute atomic E-state index is 0.281. The Labute approximate surface area is 154 Å². The number of carbonyl (C=O) groups excluding carboxylic acids is 1. The molecule has 0 bridgehead atoms. The van der Waals surface area contributed by atoms with Crippen molar-refractivity contribution in [1.82, 2.24) is 19.9 Å². The lowest BCUT2D eigenvalue weighted by Gasteiger charge is -2.29. The number of rotatable bonds is 2. The zero-order chi connectivity index (χ0) is 18.8. The van der Waals surface area contributed by atoms with Gasteiger partial charge in [-0.1, -0.05) is 5.21 Å². The van der Waals surface area contributed by atoms with Gasteiger partial charge in [-0.05, 0) is 31.9 Å². The van der Waals surface area contributed by atoms with Crippen LogP contribution >= 0.6 is 0 Å². The van der Waals surface area contributed by atoms with E-state index in [0.717, 1.165) is 23.4 Å². The largest absolute Gasteiger partial charge is 0.369 e. The maximum Gasteiger partial charge on any atom is 0.268 e. The van der Waals surface area contributed by atoms with Crippen LogP contribution in [0.15, 0.2) is 35.2 Å². The third-order valence-corrected chi connectivity index (χ3v) is 5.44. The molecule has 3 aliphatic heterocycles. The van der Waals surface area contributed by atoms with Crippen molar-refractivity contribution in [3.63, 3.8) is 0 Å². The molecule has 1 saturated heterocycles. The third kappa shape index (κ3) is 2.22. The second-order valence-corrected chi connectivity index (χ2v) is 7.11. The van der Waals surface area contributed by atoms with E-state index in [1.807, 2.05) is 6.92 Å². The quantitative estimate of drug-likeness (QED) is 0.852. The van der Waals surface area contributed by atoms with Crippen molar-refractivity contribution < 1.29 is 18.8 Å². The maximum atomic E-state index is 13.6. The molecule has 2 unspecified atom stereocenters. The highest BCUT2D eigenvalue weighted by molar-refractivity contribution is 6.01. The summed E-state index contributed by atoms with van der Waals surface area (Å²) in [7, 11) is 1.66. The van der Waals surface area contributed by atoms with Gasteiger partial charge in [0.25, 0.3) is 11.7 Å². The first-order valence-electron chi connectivity index (χ1n) is 8.79. The van der Waals surface area contributed by atoms with Gasteiger partial charge in [0.05, 0.1) is 11.9 Å². The number of carbonyl (C=O) groups is 1. The zero-order valence-electron chi connectivity index (χ0n) is 14.9. The van der Waals surface area contributed by atoms with E-state index in [9.17, 15) is 9.18 Å². The van der Waals surface area contributed by atoms with E-state index in [4.69, 9.17) is 4.74 Å². The number of aromatic nitrogens is 3. The van der Waals surface area contributed by atoms with Crippen molar-refractivity contribution >= 4 is 23.8 Å². The Hall–Kier alpha value is -2.91. The molecule has 1 N–H and O–H groups in total. The van der Waals surface area contributed by atoms with Crippen LogP contribution in [0.5, 0.6) is 0 Å². The molecule has 0 radical (unpaired) electrons. The molecule has 9 heteroatoms. The van der Waals surface area contributed by atoms with Crippen LogP contribution in [-0.4, -0.2) is 45.8 Å². The van der Waals surface area contributed by atoms with Crippen molar-refractivity contribution in [3.05, 3.63) is 47.3 Å². The van der Waals surface area contributed by atoms with Crippen LogP contribution in [0.4, 0.5) is 10.1 Å². The average molecular weight is 369 g/mol. The monoisotopic (exact) mass is 369 g/mol. The topological polar surface area (TPSA) is 77.0 Å². The van der Waals surface area contributed by atoms with E-state index < -0.39 is 11.4 Å². The van der Waals surface area contributed by atoms with Gasteiger partial charge in [-0.2, -0.15) is 9.67 Å². The molecule has 1 fully saturated rings.